The Morgan fingerprint density at radius 2 is 1.90 bits per heavy atom. The molecule has 21 heavy (non-hydrogen) atoms. The van der Waals surface area contributed by atoms with Gasteiger partial charge in [-0.3, -0.25) is 0 Å². The monoisotopic (exact) mass is 299 g/mol. The Balaban J connectivity index is 2.15. The minimum atomic E-state index is -4.68. The molecule has 1 N–H and O–H groups in total. The number of nitrogens with zero attached hydrogens (tertiary/aromatic N) is 2. The van der Waals surface area contributed by atoms with Gasteiger partial charge in [-0.05, 0) is 37.7 Å². The molecule has 0 bridgehead atoms. The second kappa shape index (κ2) is 6.17. The molecule has 0 saturated heterocycles. The number of nitrogens with one attached hydrogen (secondary N) is 1. The molecular weight excluding hydrogens is 283 g/mol. The standard InChI is InChI=1S/C14H16F3N3O/c1-3-18-8-11-9-20(19-10(11)2)12-4-6-13(7-5-12)21-14(15,16)17/h4-7,9,18H,3,8H2,1-2H3. The van der Waals surface area contributed by atoms with Crippen molar-refractivity contribution < 1.29 is 17.9 Å². The van der Waals surface area contributed by atoms with E-state index in [1.165, 1.54) is 24.3 Å². The van der Waals surface area contributed by atoms with Crippen LogP contribution in [-0.2, 0) is 6.54 Å². The van der Waals surface area contributed by atoms with E-state index in [0.717, 1.165) is 17.8 Å². The lowest BCUT2D eigenvalue weighted by atomic mass is 10.2. The van der Waals surface area contributed by atoms with Crippen LogP contribution < -0.4 is 10.1 Å². The fourth-order valence-corrected chi connectivity index (χ4v) is 1.86. The molecule has 2 aromatic rings. The summed E-state index contributed by atoms with van der Waals surface area (Å²) in [5.74, 6) is -0.247. The van der Waals surface area contributed by atoms with Crippen molar-refractivity contribution >= 4 is 0 Å². The predicted molar refractivity (Wildman–Crippen MR) is 72.4 cm³/mol. The molecule has 0 fully saturated rings. The zero-order chi connectivity index (χ0) is 15.5. The highest BCUT2D eigenvalue weighted by atomic mass is 19.4. The van der Waals surface area contributed by atoms with E-state index in [1.807, 2.05) is 20.0 Å². The first-order valence-electron chi connectivity index (χ1n) is 6.51. The first-order valence-corrected chi connectivity index (χ1v) is 6.51. The summed E-state index contributed by atoms with van der Waals surface area (Å²) in [6.45, 7) is 5.47. The summed E-state index contributed by atoms with van der Waals surface area (Å²) in [5, 5.41) is 7.56. The van der Waals surface area contributed by atoms with Crippen LogP contribution in [0.1, 0.15) is 18.2 Å². The minimum Gasteiger partial charge on any atom is -0.406 e. The Hall–Kier alpha value is -2.02. The quantitative estimate of drug-likeness (QED) is 0.921. The fraction of sp³-hybridized carbons (Fsp3) is 0.357. The lowest BCUT2D eigenvalue weighted by Crippen LogP contribution is -2.17. The molecule has 7 heteroatoms. The molecule has 2 rings (SSSR count). The van der Waals surface area contributed by atoms with Gasteiger partial charge in [0.25, 0.3) is 0 Å². The molecule has 0 unspecified atom stereocenters. The van der Waals surface area contributed by atoms with Crippen LogP contribution in [0.4, 0.5) is 13.2 Å². The first-order chi connectivity index (χ1) is 9.89. The zero-order valence-corrected chi connectivity index (χ0v) is 11.7. The third-order valence-electron chi connectivity index (χ3n) is 2.90. The SMILES string of the molecule is CCNCc1cn(-c2ccc(OC(F)(F)F)cc2)nc1C. The molecular formula is C14H16F3N3O. The van der Waals surface area contributed by atoms with Crippen LogP contribution in [0, 0.1) is 6.92 Å². The van der Waals surface area contributed by atoms with Gasteiger partial charge in [-0.25, -0.2) is 4.68 Å². The van der Waals surface area contributed by atoms with Crippen LogP contribution in [0.5, 0.6) is 5.75 Å². The molecule has 1 aromatic carbocycles. The van der Waals surface area contributed by atoms with E-state index in [-0.39, 0.29) is 5.75 Å². The number of rotatable bonds is 5. The fourth-order valence-electron chi connectivity index (χ4n) is 1.86. The molecule has 4 nitrogen and oxygen atoms in total. The maximum atomic E-state index is 12.1. The smallest absolute Gasteiger partial charge is 0.406 e. The number of ether oxygens (including phenoxy) is 1. The molecule has 0 spiro atoms. The van der Waals surface area contributed by atoms with Gasteiger partial charge in [0.1, 0.15) is 5.75 Å². The van der Waals surface area contributed by atoms with Crippen molar-refractivity contribution in [3.05, 3.63) is 41.7 Å². The van der Waals surface area contributed by atoms with E-state index < -0.39 is 6.36 Å². The van der Waals surface area contributed by atoms with Crippen molar-refractivity contribution in [1.29, 1.82) is 0 Å². The summed E-state index contributed by atoms with van der Waals surface area (Å²) in [6.07, 6.45) is -2.82. The third-order valence-corrected chi connectivity index (χ3v) is 2.90. The van der Waals surface area contributed by atoms with Gasteiger partial charge in [0, 0.05) is 18.3 Å². The second-order valence-corrected chi connectivity index (χ2v) is 4.51. The number of aryl methyl sites for hydroxylation is 1. The van der Waals surface area contributed by atoms with Crippen LogP contribution in [0.2, 0.25) is 0 Å². The molecule has 0 atom stereocenters. The summed E-state index contributed by atoms with van der Waals surface area (Å²) in [7, 11) is 0. The van der Waals surface area contributed by atoms with Crippen LogP contribution in [-0.4, -0.2) is 22.7 Å². The molecule has 1 aromatic heterocycles. The Morgan fingerprint density at radius 3 is 2.48 bits per heavy atom. The van der Waals surface area contributed by atoms with E-state index in [1.54, 1.807) is 4.68 Å². The van der Waals surface area contributed by atoms with Crippen molar-refractivity contribution in [2.24, 2.45) is 0 Å². The second-order valence-electron chi connectivity index (χ2n) is 4.51. The lowest BCUT2D eigenvalue weighted by Gasteiger charge is -2.09. The predicted octanol–water partition coefficient (Wildman–Crippen LogP) is 3.19. The van der Waals surface area contributed by atoms with Crippen molar-refractivity contribution in [3.63, 3.8) is 0 Å². The average Bonchev–Trinajstić information content (AvgIpc) is 2.77. The molecule has 0 saturated carbocycles. The van der Waals surface area contributed by atoms with Gasteiger partial charge in [0.15, 0.2) is 0 Å². The minimum absolute atomic E-state index is 0.247. The van der Waals surface area contributed by atoms with E-state index in [4.69, 9.17) is 0 Å². The molecule has 1 heterocycles. The van der Waals surface area contributed by atoms with Gasteiger partial charge in [0.2, 0.25) is 0 Å². The van der Waals surface area contributed by atoms with Gasteiger partial charge in [-0.2, -0.15) is 5.10 Å². The molecule has 0 aliphatic heterocycles. The number of hydrogen-bond acceptors (Lipinski definition) is 3. The third kappa shape index (κ3) is 4.22. The number of alkyl halides is 3. The van der Waals surface area contributed by atoms with Crippen molar-refractivity contribution in [3.8, 4) is 11.4 Å². The summed E-state index contributed by atoms with van der Waals surface area (Å²) < 4.78 is 41.8. The van der Waals surface area contributed by atoms with Gasteiger partial charge in [-0.15, -0.1) is 13.2 Å². The van der Waals surface area contributed by atoms with E-state index in [0.29, 0.717) is 12.2 Å². The van der Waals surface area contributed by atoms with E-state index in [9.17, 15) is 13.2 Å². The topological polar surface area (TPSA) is 39.1 Å². The highest BCUT2D eigenvalue weighted by Gasteiger charge is 2.30. The molecule has 0 aliphatic carbocycles. The van der Waals surface area contributed by atoms with E-state index >= 15 is 0 Å². The summed E-state index contributed by atoms with van der Waals surface area (Å²) >= 11 is 0. The van der Waals surface area contributed by atoms with Crippen LogP contribution in [0.25, 0.3) is 5.69 Å². The Bertz CT molecular complexity index is 591. The maximum absolute atomic E-state index is 12.1. The number of halogens is 3. The largest absolute Gasteiger partial charge is 0.573 e. The van der Waals surface area contributed by atoms with Crippen molar-refractivity contribution in [2.75, 3.05) is 6.54 Å². The lowest BCUT2D eigenvalue weighted by molar-refractivity contribution is -0.274. The van der Waals surface area contributed by atoms with Gasteiger partial charge in [0.05, 0.1) is 11.4 Å². The zero-order valence-electron chi connectivity index (χ0n) is 11.7. The number of aromatic nitrogens is 2. The number of hydrogen-bond donors (Lipinski definition) is 1. The maximum Gasteiger partial charge on any atom is 0.573 e. The van der Waals surface area contributed by atoms with Crippen molar-refractivity contribution in [2.45, 2.75) is 26.8 Å². The van der Waals surface area contributed by atoms with Crippen LogP contribution >= 0.6 is 0 Å². The summed E-state index contributed by atoms with van der Waals surface area (Å²) in [5.41, 5.74) is 2.61. The summed E-state index contributed by atoms with van der Waals surface area (Å²) in [6, 6.07) is 5.60. The Morgan fingerprint density at radius 1 is 1.24 bits per heavy atom. The van der Waals surface area contributed by atoms with Gasteiger partial charge >= 0.3 is 6.36 Å². The average molecular weight is 299 g/mol. The molecule has 114 valence electrons. The first kappa shape index (κ1) is 15.4. The molecule has 0 amide bonds. The highest BCUT2D eigenvalue weighted by molar-refractivity contribution is 5.38. The molecule has 0 aliphatic rings. The van der Waals surface area contributed by atoms with Gasteiger partial charge in [-0.1, -0.05) is 6.92 Å². The van der Waals surface area contributed by atoms with Gasteiger partial charge < -0.3 is 10.1 Å². The Labute approximate surface area is 120 Å². The highest BCUT2D eigenvalue weighted by Crippen LogP contribution is 2.23. The number of benzene rings is 1. The van der Waals surface area contributed by atoms with E-state index in [2.05, 4.69) is 15.2 Å². The van der Waals surface area contributed by atoms with Crippen LogP contribution in [0.15, 0.2) is 30.5 Å². The normalized spacial score (nSPS) is 11.7. The molecule has 0 radical (unpaired) electrons. The van der Waals surface area contributed by atoms with Crippen LogP contribution in [0.3, 0.4) is 0 Å². The van der Waals surface area contributed by atoms with Crippen molar-refractivity contribution in [1.82, 2.24) is 15.1 Å². The Kier molecular flexibility index (Phi) is 4.52. The summed E-state index contributed by atoms with van der Waals surface area (Å²) in [4.78, 5) is 0.